The molecule has 3 rings (SSSR count). The van der Waals surface area contributed by atoms with Crippen LogP contribution < -0.4 is 10.6 Å². The second kappa shape index (κ2) is 9.25. The fraction of sp³-hybridized carbons (Fsp3) is 0.190. The van der Waals surface area contributed by atoms with E-state index in [-0.39, 0.29) is 12.3 Å². The maximum Gasteiger partial charge on any atom is 0.329 e. The number of carbonyl (C=O) groups excluding carboxylic acids is 3. The highest BCUT2D eigenvalue weighted by Gasteiger charge is 2.24. The summed E-state index contributed by atoms with van der Waals surface area (Å²) >= 11 is 5.99. The van der Waals surface area contributed by atoms with Gasteiger partial charge in [-0.15, -0.1) is 0 Å². The molecule has 0 aliphatic carbocycles. The topological polar surface area (TPSA) is 100 Å². The van der Waals surface area contributed by atoms with Crippen LogP contribution in [0.25, 0.3) is 10.9 Å². The van der Waals surface area contributed by atoms with E-state index < -0.39 is 24.5 Å². The van der Waals surface area contributed by atoms with E-state index in [1.165, 1.54) is 6.92 Å². The highest BCUT2D eigenvalue weighted by molar-refractivity contribution is 6.33. The van der Waals surface area contributed by atoms with Crippen molar-refractivity contribution in [1.82, 2.24) is 10.3 Å². The molecule has 0 aliphatic heterocycles. The third kappa shape index (κ3) is 5.36. The minimum atomic E-state index is -0.917. The van der Waals surface area contributed by atoms with Crippen molar-refractivity contribution in [1.29, 1.82) is 0 Å². The van der Waals surface area contributed by atoms with Gasteiger partial charge in [0.1, 0.15) is 6.04 Å². The first-order chi connectivity index (χ1) is 13.9. The maximum atomic E-state index is 12.5. The minimum absolute atomic E-state index is 0.231. The molecule has 0 saturated heterocycles. The molecular formula is C21H20ClN3O4. The first-order valence-corrected chi connectivity index (χ1v) is 9.35. The van der Waals surface area contributed by atoms with E-state index in [4.69, 9.17) is 16.3 Å². The van der Waals surface area contributed by atoms with Gasteiger partial charge in [0.05, 0.1) is 10.7 Å². The Labute approximate surface area is 172 Å². The average Bonchev–Trinajstić information content (AvgIpc) is 3.10. The van der Waals surface area contributed by atoms with Crippen molar-refractivity contribution < 1.29 is 19.1 Å². The van der Waals surface area contributed by atoms with Gasteiger partial charge in [-0.05, 0) is 23.8 Å². The Morgan fingerprint density at radius 2 is 1.83 bits per heavy atom. The third-order valence-electron chi connectivity index (χ3n) is 4.25. The van der Waals surface area contributed by atoms with Gasteiger partial charge in [0.25, 0.3) is 5.91 Å². The fourth-order valence-electron chi connectivity index (χ4n) is 2.95. The largest absolute Gasteiger partial charge is 0.454 e. The van der Waals surface area contributed by atoms with E-state index in [0.29, 0.717) is 10.7 Å². The fourth-order valence-corrected chi connectivity index (χ4v) is 3.13. The number of benzene rings is 2. The first-order valence-electron chi connectivity index (χ1n) is 8.97. The second-order valence-electron chi connectivity index (χ2n) is 6.45. The van der Waals surface area contributed by atoms with Crippen LogP contribution in [-0.2, 0) is 25.5 Å². The molecule has 150 valence electrons. The lowest BCUT2D eigenvalue weighted by Gasteiger charge is -2.16. The number of aromatic nitrogens is 1. The smallest absolute Gasteiger partial charge is 0.329 e. The molecule has 2 aromatic carbocycles. The van der Waals surface area contributed by atoms with E-state index in [2.05, 4.69) is 15.6 Å². The average molecular weight is 414 g/mol. The van der Waals surface area contributed by atoms with Crippen molar-refractivity contribution in [3.8, 4) is 0 Å². The summed E-state index contributed by atoms with van der Waals surface area (Å²) in [6.07, 6.45) is 2.02. The van der Waals surface area contributed by atoms with Gasteiger partial charge in [-0.3, -0.25) is 9.59 Å². The van der Waals surface area contributed by atoms with E-state index in [0.717, 1.165) is 16.5 Å². The van der Waals surface area contributed by atoms with Crippen molar-refractivity contribution in [3.05, 3.63) is 65.3 Å². The Balaban J connectivity index is 1.64. The number of H-pyrrole nitrogens is 1. The van der Waals surface area contributed by atoms with Gasteiger partial charge in [0.15, 0.2) is 6.61 Å². The quantitative estimate of drug-likeness (QED) is 0.518. The van der Waals surface area contributed by atoms with Crippen molar-refractivity contribution in [3.63, 3.8) is 0 Å². The van der Waals surface area contributed by atoms with Crippen molar-refractivity contribution in [2.45, 2.75) is 19.4 Å². The van der Waals surface area contributed by atoms with Crippen molar-refractivity contribution in [2.24, 2.45) is 0 Å². The Morgan fingerprint density at radius 1 is 1.10 bits per heavy atom. The summed E-state index contributed by atoms with van der Waals surface area (Å²) in [7, 11) is 0. The van der Waals surface area contributed by atoms with Gasteiger partial charge in [-0.25, -0.2) is 4.79 Å². The minimum Gasteiger partial charge on any atom is -0.454 e. The number of amides is 2. The standard InChI is InChI=1S/C21H20ClN3O4/c1-13(26)24-19(10-14-11-23-17-8-4-2-6-15(14)17)21(28)29-12-20(27)25-18-9-5-3-7-16(18)22/h2-9,11,19,23H,10,12H2,1H3,(H,24,26)(H,25,27)/t19-/m0/s1. The van der Waals surface area contributed by atoms with Crippen LogP contribution in [0.4, 0.5) is 5.69 Å². The van der Waals surface area contributed by atoms with Crippen LogP contribution in [0, 0.1) is 0 Å². The molecule has 0 spiro atoms. The molecule has 7 nitrogen and oxygen atoms in total. The molecule has 8 heteroatoms. The molecular weight excluding hydrogens is 394 g/mol. The van der Waals surface area contributed by atoms with Crippen LogP contribution >= 0.6 is 11.6 Å². The summed E-state index contributed by atoms with van der Waals surface area (Å²) in [5, 5.41) is 6.49. The summed E-state index contributed by atoms with van der Waals surface area (Å²) in [5.74, 6) is -1.59. The molecule has 0 saturated carbocycles. The molecule has 0 aliphatic rings. The van der Waals surface area contributed by atoms with Crippen LogP contribution in [0.15, 0.2) is 54.7 Å². The zero-order valence-electron chi connectivity index (χ0n) is 15.7. The normalized spacial score (nSPS) is 11.7. The van der Waals surface area contributed by atoms with Gasteiger partial charge >= 0.3 is 5.97 Å². The molecule has 3 aromatic rings. The molecule has 1 heterocycles. The second-order valence-corrected chi connectivity index (χ2v) is 6.86. The number of rotatable bonds is 7. The number of halogens is 1. The number of fused-ring (bicyclic) bond motifs is 1. The molecule has 0 radical (unpaired) electrons. The lowest BCUT2D eigenvalue weighted by molar-refractivity contribution is -0.150. The molecule has 3 N–H and O–H groups in total. The van der Waals surface area contributed by atoms with Crippen LogP contribution in [-0.4, -0.2) is 35.4 Å². The van der Waals surface area contributed by atoms with Gasteiger partial charge in [0, 0.05) is 30.4 Å². The molecule has 1 aromatic heterocycles. The molecule has 0 bridgehead atoms. The number of nitrogens with one attached hydrogen (secondary N) is 3. The van der Waals surface area contributed by atoms with Crippen LogP contribution in [0.2, 0.25) is 5.02 Å². The van der Waals surface area contributed by atoms with E-state index in [1.54, 1.807) is 30.5 Å². The monoisotopic (exact) mass is 413 g/mol. The van der Waals surface area contributed by atoms with Gasteiger partial charge in [-0.1, -0.05) is 41.9 Å². The Hall–Kier alpha value is -3.32. The number of hydrogen-bond donors (Lipinski definition) is 3. The molecule has 0 fully saturated rings. The molecule has 2 amide bonds. The van der Waals surface area contributed by atoms with Crippen molar-refractivity contribution >= 4 is 46.0 Å². The van der Waals surface area contributed by atoms with Crippen LogP contribution in [0.1, 0.15) is 12.5 Å². The number of esters is 1. The summed E-state index contributed by atoms with van der Waals surface area (Å²) in [6, 6.07) is 13.5. The zero-order chi connectivity index (χ0) is 20.8. The summed E-state index contributed by atoms with van der Waals surface area (Å²) < 4.78 is 5.12. The summed E-state index contributed by atoms with van der Waals surface area (Å²) in [4.78, 5) is 39.3. The lowest BCUT2D eigenvalue weighted by atomic mass is 10.0. The predicted molar refractivity (Wildman–Crippen MR) is 111 cm³/mol. The summed E-state index contributed by atoms with van der Waals surface area (Å²) in [6.45, 7) is 0.827. The van der Waals surface area contributed by atoms with E-state index in [9.17, 15) is 14.4 Å². The maximum absolute atomic E-state index is 12.5. The number of carbonyl (C=O) groups is 3. The SMILES string of the molecule is CC(=O)N[C@@H](Cc1c[nH]c2ccccc12)C(=O)OCC(=O)Nc1ccccc1Cl. The van der Waals surface area contributed by atoms with Crippen LogP contribution in [0.3, 0.4) is 0 Å². The molecule has 0 unspecified atom stereocenters. The van der Waals surface area contributed by atoms with E-state index >= 15 is 0 Å². The number of anilines is 1. The third-order valence-corrected chi connectivity index (χ3v) is 4.58. The van der Waals surface area contributed by atoms with Gasteiger partial charge in [-0.2, -0.15) is 0 Å². The number of para-hydroxylation sites is 2. The number of aromatic amines is 1. The summed E-state index contributed by atoms with van der Waals surface area (Å²) in [5.41, 5.74) is 2.21. The number of ether oxygens (including phenoxy) is 1. The predicted octanol–water partition coefficient (Wildman–Crippen LogP) is 3.05. The van der Waals surface area contributed by atoms with Gasteiger partial charge < -0.3 is 20.4 Å². The molecule has 1 atom stereocenters. The first kappa shape index (κ1) is 20.4. The highest BCUT2D eigenvalue weighted by Crippen LogP contribution is 2.21. The van der Waals surface area contributed by atoms with Crippen molar-refractivity contribution in [2.75, 3.05) is 11.9 Å². The van der Waals surface area contributed by atoms with Crippen LogP contribution in [0.5, 0.6) is 0 Å². The zero-order valence-corrected chi connectivity index (χ0v) is 16.5. The van der Waals surface area contributed by atoms with E-state index in [1.807, 2.05) is 24.3 Å². The Morgan fingerprint density at radius 3 is 2.59 bits per heavy atom. The lowest BCUT2D eigenvalue weighted by Crippen LogP contribution is -2.43. The number of hydrogen-bond acceptors (Lipinski definition) is 4. The Kier molecular flexibility index (Phi) is 6.51. The Bertz CT molecular complexity index is 1050. The van der Waals surface area contributed by atoms with Gasteiger partial charge in [0.2, 0.25) is 5.91 Å². The molecule has 29 heavy (non-hydrogen) atoms. The highest BCUT2D eigenvalue weighted by atomic mass is 35.5.